The second-order valence-corrected chi connectivity index (χ2v) is 5.95. The van der Waals surface area contributed by atoms with Crippen LogP contribution >= 0.6 is 0 Å². The van der Waals surface area contributed by atoms with Crippen molar-refractivity contribution in [3.8, 4) is 0 Å². The Balaban J connectivity index is 2.22. The zero-order valence-corrected chi connectivity index (χ0v) is 12.0. The van der Waals surface area contributed by atoms with Gasteiger partial charge < -0.3 is 14.8 Å². The van der Waals surface area contributed by atoms with E-state index in [1.54, 1.807) is 12.1 Å². The summed E-state index contributed by atoms with van der Waals surface area (Å²) in [5.41, 5.74) is -0.402. The van der Waals surface area contributed by atoms with E-state index in [4.69, 9.17) is 9.56 Å². The number of nitrogens with zero attached hydrogens (tertiary/aromatic N) is 1. The van der Waals surface area contributed by atoms with E-state index in [2.05, 4.69) is 5.32 Å². The maximum Gasteiger partial charge on any atom is 0.293 e. The molecule has 1 aromatic carbocycles. The highest BCUT2D eigenvalue weighted by Crippen LogP contribution is 2.27. The van der Waals surface area contributed by atoms with Gasteiger partial charge in [0.2, 0.25) is 10.0 Å². The Morgan fingerprint density at radius 2 is 2.14 bits per heavy atom. The van der Waals surface area contributed by atoms with Gasteiger partial charge in [-0.1, -0.05) is 0 Å². The summed E-state index contributed by atoms with van der Waals surface area (Å²) < 4.78 is 27.5. The molecule has 10 heteroatoms. The van der Waals surface area contributed by atoms with Gasteiger partial charge in [-0.05, 0) is 24.3 Å². The van der Waals surface area contributed by atoms with E-state index in [0.29, 0.717) is 5.76 Å². The van der Waals surface area contributed by atoms with Crippen molar-refractivity contribution in [1.29, 1.82) is 0 Å². The van der Waals surface area contributed by atoms with Gasteiger partial charge in [0.25, 0.3) is 5.69 Å². The van der Waals surface area contributed by atoms with Crippen LogP contribution in [0.5, 0.6) is 0 Å². The third-order valence-electron chi connectivity index (χ3n) is 2.85. The number of furan rings is 1. The Kier molecular flexibility index (Phi) is 4.45. The lowest BCUT2D eigenvalue weighted by atomic mass is 10.2. The lowest BCUT2D eigenvalue weighted by Crippen LogP contribution is -2.15. The maximum atomic E-state index is 11.2. The fourth-order valence-electron chi connectivity index (χ4n) is 1.78. The molecule has 4 N–H and O–H groups in total. The van der Waals surface area contributed by atoms with Crippen molar-refractivity contribution in [2.24, 2.45) is 5.14 Å². The average Bonchev–Trinajstić information content (AvgIpc) is 2.97. The maximum absolute atomic E-state index is 11.2. The summed E-state index contributed by atoms with van der Waals surface area (Å²) in [6.45, 7) is -0.0525. The van der Waals surface area contributed by atoms with Crippen LogP contribution in [0.4, 0.5) is 11.4 Å². The molecule has 9 nitrogen and oxygen atoms in total. The van der Waals surface area contributed by atoms with Crippen LogP contribution in [-0.4, -0.2) is 25.0 Å². The molecule has 0 saturated carbocycles. The van der Waals surface area contributed by atoms with Crippen molar-refractivity contribution in [3.05, 3.63) is 52.5 Å². The molecule has 0 saturated heterocycles. The average molecular weight is 327 g/mol. The van der Waals surface area contributed by atoms with Gasteiger partial charge in [-0.25, -0.2) is 13.6 Å². The molecule has 2 rings (SSSR count). The summed E-state index contributed by atoms with van der Waals surface area (Å²) in [5, 5.41) is 28.5. The SMILES string of the molecule is NS(=O)(=O)c1ccc(NCC(O)c2ccco2)c([N+](=O)[O-])c1. The van der Waals surface area contributed by atoms with E-state index in [9.17, 15) is 23.6 Å². The van der Waals surface area contributed by atoms with Crippen molar-refractivity contribution in [2.45, 2.75) is 11.0 Å². The molecule has 0 aliphatic rings. The fraction of sp³-hybridized carbons (Fsp3) is 0.167. The molecule has 22 heavy (non-hydrogen) atoms. The number of benzene rings is 1. The van der Waals surface area contributed by atoms with Gasteiger partial charge in [-0.2, -0.15) is 0 Å². The summed E-state index contributed by atoms with van der Waals surface area (Å²) >= 11 is 0. The van der Waals surface area contributed by atoms with E-state index in [-0.39, 0.29) is 17.1 Å². The van der Waals surface area contributed by atoms with Crippen LogP contribution in [0.1, 0.15) is 11.9 Å². The molecule has 0 spiro atoms. The van der Waals surface area contributed by atoms with E-state index in [1.807, 2.05) is 0 Å². The first kappa shape index (κ1) is 15.9. The van der Waals surface area contributed by atoms with Crippen LogP contribution in [0.3, 0.4) is 0 Å². The lowest BCUT2D eigenvalue weighted by molar-refractivity contribution is -0.384. The molecule has 0 amide bonds. The Labute approximate surface area is 125 Å². The number of nitrogens with one attached hydrogen (secondary N) is 1. The van der Waals surface area contributed by atoms with Gasteiger partial charge in [0, 0.05) is 12.6 Å². The lowest BCUT2D eigenvalue weighted by Gasteiger charge is -2.11. The topological polar surface area (TPSA) is 149 Å². The van der Waals surface area contributed by atoms with Crippen molar-refractivity contribution in [2.75, 3.05) is 11.9 Å². The minimum atomic E-state index is -4.04. The summed E-state index contributed by atoms with van der Waals surface area (Å²) in [4.78, 5) is 9.92. The first-order chi connectivity index (χ1) is 10.3. The highest BCUT2D eigenvalue weighted by molar-refractivity contribution is 7.89. The van der Waals surface area contributed by atoms with Crippen molar-refractivity contribution >= 4 is 21.4 Å². The smallest absolute Gasteiger partial charge is 0.293 e. The third-order valence-corrected chi connectivity index (χ3v) is 3.76. The Morgan fingerprint density at radius 1 is 1.41 bits per heavy atom. The summed E-state index contributed by atoms with van der Waals surface area (Å²) in [7, 11) is -4.04. The molecule has 1 heterocycles. The highest BCUT2D eigenvalue weighted by Gasteiger charge is 2.20. The molecule has 0 radical (unpaired) electrons. The number of primary sulfonamides is 1. The van der Waals surface area contributed by atoms with Crippen molar-refractivity contribution in [1.82, 2.24) is 0 Å². The number of hydrogen-bond acceptors (Lipinski definition) is 7. The van der Waals surface area contributed by atoms with E-state index < -0.39 is 26.7 Å². The first-order valence-corrected chi connectivity index (χ1v) is 7.60. The molecule has 1 aromatic heterocycles. The zero-order valence-electron chi connectivity index (χ0n) is 11.2. The van der Waals surface area contributed by atoms with Crippen LogP contribution in [0.15, 0.2) is 45.9 Å². The van der Waals surface area contributed by atoms with E-state index >= 15 is 0 Å². The summed E-state index contributed by atoms with van der Waals surface area (Å²) in [6, 6.07) is 6.38. The number of nitrogens with two attached hydrogens (primary N) is 1. The fourth-order valence-corrected chi connectivity index (χ4v) is 2.31. The molecular weight excluding hydrogens is 314 g/mol. The van der Waals surface area contributed by atoms with Crippen LogP contribution in [-0.2, 0) is 10.0 Å². The van der Waals surface area contributed by atoms with Crippen LogP contribution in [0.2, 0.25) is 0 Å². The van der Waals surface area contributed by atoms with Crippen molar-refractivity contribution < 1.29 is 22.9 Å². The molecule has 2 aromatic rings. The van der Waals surface area contributed by atoms with Crippen LogP contribution < -0.4 is 10.5 Å². The quantitative estimate of drug-likeness (QED) is 0.529. The summed E-state index contributed by atoms with van der Waals surface area (Å²) in [5.74, 6) is 0.302. The molecule has 118 valence electrons. The number of aliphatic hydroxyl groups excluding tert-OH is 1. The third kappa shape index (κ3) is 3.61. The predicted molar refractivity (Wildman–Crippen MR) is 76.6 cm³/mol. The number of nitro groups is 1. The number of anilines is 1. The molecule has 0 aliphatic heterocycles. The zero-order chi connectivity index (χ0) is 16.3. The second kappa shape index (κ2) is 6.13. The molecule has 1 atom stereocenters. The predicted octanol–water partition coefficient (Wildman–Crippen LogP) is 0.981. The molecule has 0 aliphatic carbocycles. The van der Waals surface area contributed by atoms with Gasteiger partial charge in [-0.3, -0.25) is 10.1 Å². The van der Waals surface area contributed by atoms with Gasteiger partial charge >= 0.3 is 0 Å². The Bertz CT molecular complexity index is 772. The number of hydrogen-bond donors (Lipinski definition) is 3. The minimum Gasteiger partial charge on any atom is -0.467 e. The molecule has 1 unspecified atom stereocenters. The molecular formula is C12H13N3O6S. The monoisotopic (exact) mass is 327 g/mol. The molecule has 0 fully saturated rings. The highest BCUT2D eigenvalue weighted by atomic mass is 32.2. The van der Waals surface area contributed by atoms with Gasteiger partial charge in [-0.15, -0.1) is 0 Å². The van der Waals surface area contributed by atoms with Crippen LogP contribution in [0.25, 0.3) is 0 Å². The Morgan fingerprint density at radius 3 is 2.68 bits per heavy atom. The minimum absolute atomic E-state index is 0.0525. The van der Waals surface area contributed by atoms with Crippen molar-refractivity contribution in [3.63, 3.8) is 0 Å². The van der Waals surface area contributed by atoms with E-state index in [1.165, 1.54) is 12.3 Å². The Hall–Kier alpha value is -2.43. The largest absolute Gasteiger partial charge is 0.467 e. The van der Waals surface area contributed by atoms with Gasteiger partial charge in [0.15, 0.2) is 0 Å². The van der Waals surface area contributed by atoms with E-state index in [0.717, 1.165) is 12.1 Å². The number of aliphatic hydroxyl groups is 1. The van der Waals surface area contributed by atoms with Gasteiger partial charge in [0.1, 0.15) is 17.6 Å². The summed E-state index contributed by atoms with van der Waals surface area (Å²) in [6.07, 6.45) is 0.384. The first-order valence-electron chi connectivity index (χ1n) is 6.05. The number of nitro benzene ring substituents is 1. The standard InChI is InChI=1S/C12H13N3O6S/c13-22(19,20)8-3-4-9(10(6-8)15(17)18)14-7-11(16)12-2-1-5-21-12/h1-6,11,14,16H,7H2,(H2,13,19,20). The second-order valence-electron chi connectivity index (χ2n) is 4.39. The normalized spacial score (nSPS) is 12.8. The number of rotatable bonds is 6. The van der Waals surface area contributed by atoms with Crippen LogP contribution in [0, 0.1) is 10.1 Å². The molecule has 0 bridgehead atoms. The van der Waals surface area contributed by atoms with Gasteiger partial charge in [0.05, 0.1) is 16.1 Å². The number of sulfonamides is 1.